The maximum atomic E-state index is 13.1. The van der Waals surface area contributed by atoms with Crippen molar-refractivity contribution in [1.82, 2.24) is 0 Å². The zero-order valence-electron chi connectivity index (χ0n) is 9.70. The quantitative estimate of drug-likeness (QED) is 0.846. The first-order valence-corrected chi connectivity index (χ1v) is 7.32. The van der Waals surface area contributed by atoms with Crippen LogP contribution in [0.15, 0.2) is 51.8 Å². The number of nitrogens with two attached hydrogens (primary N) is 1. The molecule has 0 fully saturated rings. The van der Waals surface area contributed by atoms with E-state index in [-0.39, 0.29) is 5.82 Å². The van der Waals surface area contributed by atoms with Crippen LogP contribution in [0.25, 0.3) is 0 Å². The summed E-state index contributed by atoms with van der Waals surface area (Å²) in [4.78, 5) is 1.19. The first kappa shape index (κ1) is 13.6. The van der Waals surface area contributed by atoms with Crippen molar-refractivity contribution in [3.05, 3.63) is 63.9 Å². The van der Waals surface area contributed by atoms with Crippen molar-refractivity contribution >= 4 is 27.7 Å². The lowest BCUT2D eigenvalue weighted by Gasteiger charge is -2.04. The van der Waals surface area contributed by atoms with Crippen molar-refractivity contribution in [2.75, 3.05) is 0 Å². The number of thioether (sulfide) groups is 1. The van der Waals surface area contributed by atoms with Crippen LogP contribution in [0.4, 0.5) is 4.39 Å². The summed E-state index contributed by atoms with van der Waals surface area (Å²) in [5.74, 6) is 0.594. The molecule has 0 amide bonds. The Balaban J connectivity index is 1.99. The third kappa shape index (κ3) is 3.57. The van der Waals surface area contributed by atoms with E-state index in [1.165, 1.54) is 11.0 Å². The van der Waals surface area contributed by atoms with Gasteiger partial charge in [0.15, 0.2) is 0 Å². The molecular weight excluding hydrogens is 313 g/mol. The summed E-state index contributed by atoms with van der Waals surface area (Å²) in [7, 11) is 0. The fourth-order valence-electron chi connectivity index (χ4n) is 1.52. The SMILES string of the molecule is NCc1ccc(SCc2ccc(F)c(Br)c2)cc1. The Morgan fingerprint density at radius 2 is 1.72 bits per heavy atom. The summed E-state index contributed by atoms with van der Waals surface area (Å²) in [6.45, 7) is 0.565. The first-order chi connectivity index (χ1) is 8.69. The van der Waals surface area contributed by atoms with Crippen LogP contribution in [0.2, 0.25) is 0 Å². The van der Waals surface area contributed by atoms with E-state index < -0.39 is 0 Å². The first-order valence-electron chi connectivity index (χ1n) is 5.55. The minimum absolute atomic E-state index is 0.226. The van der Waals surface area contributed by atoms with Crippen molar-refractivity contribution in [3.63, 3.8) is 0 Å². The van der Waals surface area contributed by atoms with Gasteiger partial charge in [0, 0.05) is 17.2 Å². The average Bonchev–Trinajstić information content (AvgIpc) is 2.41. The molecule has 0 aliphatic carbocycles. The highest BCUT2D eigenvalue weighted by atomic mass is 79.9. The molecule has 0 aliphatic heterocycles. The highest BCUT2D eigenvalue weighted by Crippen LogP contribution is 2.25. The molecule has 1 nitrogen and oxygen atoms in total. The van der Waals surface area contributed by atoms with Gasteiger partial charge in [-0.25, -0.2) is 4.39 Å². The fraction of sp³-hybridized carbons (Fsp3) is 0.143. The van der Waals surface area contributed by atoms with E-state index in [0.29, 0.717) is 11.0 Å². The molecule has 0 aliphatic rings. The Kier molecular flexibility index (Phi) is 4.80. The maximum absolute atomic E-state index is 13.1. The van der Waals surface area contributed by atoms with Crippen LogP contribution in [-0.4, -0.2) is 0 Å². The van der Waals surface area contributed by atoms with Gasteiger partial charge in [-0.05, 0) is 51.3 Å². The summed E-state index contributed by atoms with van der Waals surface area (Å²) in [6, 6.07) is 13.3. The van der Waals surface area contributed by atoms with E-state index in [1.54, 1.807) is 17.8 Å². The maximum Gasteiger partial charge on any atom is 0.137 e. The molecule has 0 radical (unpaired) electrons. The lowest BCUT2D eigenvalue weighted by Crippen LogP contribution is -1.94. The van der Waals surface area contributed by atoms with Gasteiger partial charge in [-0.3, -0.25) is 0 Å². The van der Waals surface area contributed by atoms with Gasteiger partial charge in [0.2, 0.25) is 0 Å². The van der Waals surface area contributed by atoms with Gasteiger partial charge in [0.1, 0.15) is 5.82 Å². The van der Waals surface area contributed by atoms with Crippen LogP contribution in [-0.2, 0) is 12.3 Å². The molecule has 0 unspecified atom stereocenters. The van der Waals surface area contributed by atoms with E-state index in [9.17, 15) is 4.39 Å². The molecule has 2 N–H and O–H groups in total. The van der Waals surface area contributed by atoms with Crippen molar-refractivity contribution in [3.8, 4) is 0 Å². The van der Waals surface area contributed by atoms with Gasteiger partial charge in [-0.2, -0.15) is 0 Å². The summed E-state index contributed by atoms with van der Waals surface area (Å²) in [6.07, 6.45) is 0. The predicted octanol–water partition coefficient (Wildman–Crippen LogP) is 4.34. The van der Waals surface area contributed by atoms with Gasteiger partial charge in [-0.1, -0.05) is 18.2 Å². The highest BCUT2D eigenvalue weighted by Gasteiger charge is 2.01. The molecule has 94 valence electrons. The lowest BCUT2D eigenvalue weighted by molar-refractivity contribution is 0.620. The molecule has 0 heterocycles. The Bertz CT molecular complexity index is 528. The van der Waals surface area contributed by atoms with E-state index in [1.807, 2.05) is 18.2 Å². The van der Waals surface area contributed by atoms with Crippen LogP contribution in [0.3, 0.4) is 0 Å². The normalized spacial score (nSPS) is 10.6. The van der Waals surface area contributed by atoms with Gasteiger partial charge in [0.05, 0.1) is 4.47 Å². The molecule has 4 heteroatoms. The third-order valence-electron chi connectivity index (χ3n) is 2.55. The molecule has 2 rings (SSSR count). The second-order valence-corrected chi connectivity index (χ2v) is 5.79. The van der Waals surface area contributed by atoms with Gasteiger partial charge in [0.25, 0.3) is 0 Å². The molecule has 0 bridgehead atoms. The highest BCUT2D eigenvalue weighted by molar-refractivity contribution is 9.10. The Morgan fingerprint density at radius 1 is 1.06 bits per heavy atom. The van der Waals surface area contributed by atoms with Crippen LogP contribution in [0, 0.1) is 5.82 Å². The number of halogens is 2. The second-order valence-electron chi connectivity index (χ2n) is 3.89. The van der Waals surface area contributed by atoms with Crippen molar-refractivity contribution in [1.29, 1.82) is 0 Å². The zero-order valence-corrected chi connectivity index (χ0v) is 12.1. The number of hydrogen-bond donors (Lipinski definition) is 1. The molecule has 0 saturated carbocycles. The van der Waals surface area contributed by atoms with E-state index in [2.05, 4.69) is 28.1 Å². The van der Waals surface area contributed by atoms with Crippen LogP contribution in [0.1, 0.15) is 11.1 Å². The minimum atomic E-state index is -0.226. The van der Waals surface area contributed by atoms with E-state index in [0.717, 1.165) is 16.9 Å². The second kappa shape index (κ2) is 6.36. The van der Waals surface area contributed by atoms with Crippen LogP contribution < -0.4 is 5.73 Å². The fourth-order valence-corrected chi connectivity index (χ4v) is 2.79. The summed E-state index contributed by atoms with van der Waals surface area (Å²) < 4.78 is 13.6. The van der Waals surface area contributed by atoms with Crippen LogP contribution in [0.5, 0.6) is 0 Å². The van der Waals surface area contributed by atoms with Crippen LogP contribution >= 0.6 is 27.7 Å². The largest absolute Gasteiger partial charge is 0.326 e. The zero-order chi connectivity index (χ0) is 13.0. The van der Waals surface area contributed by atoms with Gasteiger partial charge < -0.3 is 5.73 Å². The van der Waals surface area contributed by atoms with E-state index in [4.69, 9.17) is 5.73 Å². The summed E-state index contributed by atoms with van der Waals surface area (Å²) in [5.41, 5.74) is 7.77. The lowest BCUT2D eigenvalue weighted by atomic mass is 10.2. The minimum Gasteiger partial charge on any atom is -0.326 e. The predicted molar refractivity (Wildman–Crippen MR) is 78.0 cm³/mol. The smallest absolute Gasteiger partial charge is 0.137 e. The number of hydrogen-bond acceptors (Lipinski definition) is 2. The third-order valence-corrected chi connectivity index (χ3v) is 4.24. The Labute approximate surface area is 119 Å². The molecule has 0 spiro atoms. The van der Waals surface area contributed by atoms with E-state index >= 15 is 0 Å². The molecule has 2 aromatic carbocycles. The van der Waals surface area contributed by atoms with Crippen molar-refractivity contribution < 1.29 is 4.39 Å². The average molecular weight is 326 g/mol. The monoisotopic (exact) mass is 325 g/mol. The topological polar surface area (TPSA) is 26.0 Å². The number of benzene rings is 2. The Hall–Kier alpha value is -0.840. The summed E-state index contributed by atoms with van der Waals surface area (Å²) in [5, 5.41) is 0. The molecule has 2 aromatic rings. The van der Waals surface area contributed by atoms with Crippen molar-refractivity contribution in [2.24, 2.45) is 5.73 Å². The van der Waals surface area contributed by atoms with Gasteiger partial charge >= 0.3 is 0 Å². The Morgan fingerprint density at radius 3 is 2.33 bits per heavy atom. The molecule has 0 saturated heterocycles. The van der Waals surface area contributed by atoms with Crippen molar-refractivity contribution in [2.45, 2.75) is 17.2 Å². The molecule has 18 heavy (non-hydrogen) atoms. The number of rotatable bonds is 4. The van der Waals surface area contributed by atoms with Gasteiger partial charge in [-0.15, -0.1) is 11.8 Å². The molecule has 0 aromatic heterocycles. The molecular formula is C14H13BrFNS. The molecule has 0 atom stereocenters. The summed E-state index contributed by atoms with van der Waals surface area (Å²) >= 11 is 4.92. The standard InChI is InChI=1S/C14H13BrFNS/c15-13-7-11(3-6-14(13)16)9-18-12-4-1-10(8-17)2-5-12/h1-7H,8-9,17H2.